The standard InChI is InChI=1S/C16H19ClO6/c1-15(2)21-11(9-5-7-10(19-3)8-6-9)12(22-15)13-16(17,23-13)14(18)20-4/h5-8,11-13H,1-4H3/t11?,12?,13-,16+/m1/s1. The van der Waals surface area contributed by atoms with Crippen LogP contribution in [0.5, 0.6) is 5.75 Å². The summed E-state index contributed by atoms with van der Waals surface area (Å²) < 4.78 is 27.1. The minimum Gasteiger partial charge on any atom is -0.497 e. The van der Waals surface area contributed by atoms with E-state index in [-0.39, 0.29) is 0 Å². The molecule has 2 heterocycles. The minimum atomic E-state index is -1.51. The van der Waals surface area contributed by atoms with Crippen LogP contribution in [0.4, 0.5) is 0 Å². The van der Waals surface area contributed by atoms with Gasteiger partial charge in [0.1, 0.15) is 24.1 Å². The molecule has 4 atom stereocenters. The van der Waals surface area contributed by atoms with Crippen molar-refractivity contribution < 1.29 is 28.5 Å². The second kappa shape index (κ2) is 5.63. The SMILES string of the molecule is COC(=O)[C@@]1(Cl)O[C@@H]1C1OC(C)(C)OC1c1ccc(OC)cc1. The highest BCUT2D eigenvalue weighted by atomic mass is 35.5. The fraction of sp³-hybridized carbons (Fsp3) is 0.562. The van der Waals surface area contributed by atoms with E-state index in [1.807, 2.05) is 24.3 Å². The molecule has 0 bridgehead atoms. The number of methoxy groups -OCH3 is 2. The zero-order valence-electron chi connectivity index (χ0n) is 13.4. The molecule has 2 aliphatic rings. The van der Waals surface area contributed by atoms with Crippen LogP contribution in [-0.4, -0.2) is 43.2 Å². The molecule has 2 aliphatic heterocycles. The van der Waals surface area contributed by atoms with Crippen LogP contribution in [0.25, 0.3) is 0 Å². The van der Waals surface area contributed by atoms with E-state index in [4.69, 9.17) is 30.5 Å². The normalized spacial score (nSPS) is 34.9. The molecule has 1 aromatic carbocycles. The molecular weight excluding hydrogens is 324 g/mol. The number of epoxide rings is 1. The topological polar surface area (TPSA) is 66.5 Å². The van der Waals surface area contributed by atoms with E-state index in [0.29, 0.717) is 0 Å². The van der Waals surface area contributed by atoms with Crippen molar-refractivity contribution in [1.82, 2.24) is 0 Å². The van der Waals surface area contributed by atoms with Crippen LogP contribution in [0, 0.1) is 0 Å². The van der Waals surface area contributed by atoms with Crippen molar-refractivity contribution in [1.29, 1.82) is 0 Å². The van der Waals surface area contributed by atoms with E-state index >= 15 is 0 Å². The molecule has 0 saturated carbocycles. The fourth-order valence-corrected chi connectivity index (χ4v) is 3.09. The monoisotopic (exact) mass is 342 g/mol. The zero-order chi connectivity index (χ0) is 16.8. The Morgan fingerprint density at radius 1 is 1.13 bits per heavy atom. The summed E-state index contributed by atoms with van der Waals surface area (Å²) in [5, 5.41) is -1.51. The highest BCUT2D eigenvalue weighted by Crippen LogP contribution is 2.52. The van der Waals surface area contributed by atoms with Crippen LogP contribution in [0.1, 0.15) is 25.5 Å². The van der Waals surface area contributed by atoms with Crippen molar-refractivity contribution in [3.63, 3.8) is 0 Å². The molecule has 7 heteroatoms. The summed E-state index contributed by atoms with van der Waals surface area (Å²) in [5.41, 5.74) is 0.890. The zero-order valence-corrected chi connectivity index (χ0v) is 14.1. The van der Waals surface area contributed by atoms with Gasteiger partial charge in [-0.3, -0.25) is 0 Å². The summed E-state index contributed by atoms with van der Waals surface area (Å²) in [6.07, 6.45) is -1.56. The number of alkyl halides is 1. The molecule has 0 spiro atoms. The maximum atomic E-state index is 11.8. The molecule has 0 N–H and O–H groups in total. The Labute approximate surface area is 139 Å². The predicted molar refractivity (Wildman–Crippen MR) is 81.2 cm³/mol. The number of hydrogen-bond donors (Lipinski definition) is 0. The smallest absolute Gasteiger partial charge is 0.357 e. The quantitative estimate of drug-likeness (QED) is 0.475. The number of benzene rings is 1. The van der Waals surface area contributed by atoms with Gasteiger partial charge in [0.25, 0.3) is 5.06 Å². The Bertz CT molecular complexity index is 601. The Morgan fingerprint density at radius 3 is 2.35 bits per heavy atom. The number of esters is 1. The highest BCUT2D eigenvalue weighted by Gasteiger charge is 2.70. The summed E-state index contributed by atoms with van der Waals surface area (Å²) in [6.45, 7) is 3.61. The van der Waals surface area contributed by atoms with Gasteiger partial charge in [0.15, 0.2) is 5.79 Å². The Kier molecular flexibility index (Phi) is 4.04. The maximum absolute atomic E-state index is 11.8. The van der Waals surface area contributed by atoms with Crippen molar-refractivity contribution in [2.24, 2.45) is 0 Å². The number of ether oxygens (including phenoxy) is 5. The van der Waals surface area contributed by atoms with E-state index in [1.54, 1.807) is 21.0 Å². The number of carbonyl (C=O) groups is 1. The molecule has 2 unspecified atom stereocenters. The molecule has 3 rings (SSSR count). The molecule has 0 aliphatic carbocycles. The number of halogens is 1. The predicted octanol–water partition coefficient (Wildman–Crippen LogP) is 2.39. The summed E-state index contributed by atoms with van der Waals surface area (Å²) >= 11 is 6.18. The van der Waals surface area contributed by atoms with Gasteiger partial charge in [0.2, 0.25) is 0 Å². The second-order valence-corrected chi connectivity index (χ2v) is 6.53. The summed E-state index contributed by atoms with van der Waals surface area (Å²) in [6, 6.07) is 7.45. The van der Waals surface area contributed by atoms with Gasteiger partial charge >= 0.3 is 5.97 Å². The molecule has 0 radical (unpaired) electrons. The Hall–Kier alpha value is -1.34. The van der Waals surface area contributed by atoms with Gasteiger partial charge in [0, 0.05) is 0 Å². The molecule has 0 aromatic heterocycles. The van der Waals surface area contributed by atoms with E-state index < -0.39 is 35.1 Å². The lowest BCUT2D eigenvalue weighted by molar-refractivity contribution is -0.149. The van der Waals surface area contributed by atoms with Gasteiger partial charge in [-0.25, -0.2) is 4.79 Å². The van der Waals surface area contributed by atoms with Gasteiger partial charge in [-0.1, -0.05) is 23.7 Å². The van der Waals surface area contributed by atoms with Crippen LogP contribution in [0.15, 0.2) is 24.3 Å². The molecular formula is C16H19ClO6. The van der Waals surface area contributed by atoms with Gasteiger partial charge in [0.05, 0.1) is 14.2 Å². The molecule has 2 saturated heterocycles. The van der Waals surface area contributed by atoms with Crippen LogP contribution < -0.4 is 4.74 Å². The molecule has 2 fully saturated rings. The van der Waals surface area contributed by atoms with Crippen molar-refractivity contribution in [3.8, 4) is 5.75 Å². The van der Waals surface area contributed by atoms with E-state index in [0.717, 1.165) is 11.3 Å². The Balaban J connectivity index is 1.84. The average molecular weight is 343 g/mol. The summed E-state index contributed by atoms with van der Waals surface area (Å²) in [4.78, 5) is 11.8. The third-order valence-corrected chi connectivity index (χ3v) is 4.40. The van der Waals surface area contributed by atoms with Gasteiger partial charge in [-0.15, -0.1) is 0 Å². The van der Waals surface area contributed by atoms with Gasteiger partial charge < -0.3 is 23.7 Å². The van der Waals surface area contributed by atoms with Crippen LogP contribution in [0.3, 0.4) is 0 Å². The van der Waals surface area contributed by atoms with Crippen molar-refractivity contribution >= 4 is 17.6 Å². The van der Waals surface area contributed by atoms with E-state index in [2.05, 4.69) is 4.74 Å². The molecule has 1 aromatic rings. The molecule has 6 nitrogen and oxygen atoms in total. The van der Waals surface area contributed by atoms with E-state index in [9.17, 15) is 4.79 Å². The average Bonchev–Trinajstić information content (AvgIpc) is 3.12. The molecule has 126 valence electrons. The fourth-order valence-electron chi connectivity index (χ4n) is 2.79. The lowest BCUT2D eigenvalue weighted by atomic mass is 10.0. The van der Waals surface area contributed by atoms with Crippen molar-refractivity contribution in [3.05, 3.63) is 29.8 Å². The van der Waals surface area contributed by atoms with Crippen LogP contribution in [0.2, 0.25) is 0 Å². The van der Waals surface area contributed by atoms with Gasteiger partial charge in [-0.05, 0) is 31.5 Å². The lowest BCUT2D eigenvalue weighted by Crippen LogP contribution is -2.32. The first-order valence-electron chi connectivity index (χ1n) is 7.25. The summed E-state index contributed by atoms with van der Waals surface area (Å²) in [7, 11) is 2.87. The first kappa shape index (κ1) is 16.5. The van der Waals surface area contributed by atoms with Crippen molar-refractivity contribution in [2.45, 2.75) is 43.0 Å². The number of hydrogen-bond acceptors (Lipinski definition) is 6. The lowest BCUT2D eigenvalue weighted by Gasteiger charge is -2.17. The van der Waals surface area contributed by atoms with Gasteiger partial charge in [-0.2, -0.15) is 0 Å². The van der Waals surface area contributed by atoms with E-state index in [1.165, 1.54) is 7.11 Å². The first-order chi connectivity index (χ1) is 10.8. The third kappa shape index (κ3) is 2.92. The van der Waals surface area contributed by atoms with Crippen LogP contribution >= 0.6 is 11.6 Å². The number of carbonyl (C=O) groups excluding carboxylic acids is 1. The van der Waals surface area contributed by atoms with Crippen molar-refractivity contribution in [2.75, 3.05) is 14.2 Å². The minimum absolute atomic E-state index is 0.411. The molecule has 0 amide bonds. The second-order valence-electron chi connectivity index (χ2n) is 5.97. The molecule has 23 heavy (non-hydrogen) atoms. The largest absolute Gasteiger partial charge is 0.497 e. The van der Waals surface area contributed by atoms with Crippen LogP contribution in [-0.2, 0) is 23.7 Å². The number of rotatable bonds is 4. The first-order valence-corrected chi connectivity index (χ1v) is 7.63. The highest BCUT2D eigenvalue weighted by molar-refractivity contribution is 6.35. The Morgan fingerprint density at radius 2 is 1.78 bits per heavy atom. The maximum Gasteiger partial charge on any atom is 0.357 e. The summed E-state index contributed by atoms with van der Waals surface area (Å²) in [5.74, 6) is -0.701. The third-order valence-electron chi connectivity index (χ3n) is 3.94.